The first kappa shape index (κ1) is 25.5. The highest BCUT2D eigenvalue weighted by Gasteiger charge is 2.51. The lowest BCUT2D eigenvalue weighted by atomic mass is 9.85. The van der Waals surface area contributed by atoms with Crippen LogP contribution in [0.2, 0.25) is 0 Å². The zero-order valence-electron chi connectivity index (χ0n) is 20.8. The van der Waals surface area contributed by atoms with Crippen molar-refractivity contribution in [3.63, 3.8) is 0 Å². The zero-order valence-corrected chi connectivity index (χ0v) is 22.4. The van der Waals surface area contributed by atoms with Crippen molar-refractivity contribution >= 4 is 27.7 Å². The van der Waals surface area contributed by atoms with E-state index in [9.17, 15) is 4.79 Å². The molecule has 0 radical (unpaired) electrons. The van der Waals surface area contributed by atoms with Gasteiger partial charge in [-0.2, -0.15) is 0 Å². The Morgan fingerprint density at radius 1 is 1.08 bits per heavy atom. The predicted molar refractivity (Wildman–Crippen MR) is 147 cm³/mol. The summed E-state index contributed by atoms with van der Waals surface area (Å²) in [5.41, 5.74) is 3.29. The van der Waals surface area contributed by atoms with Gasteiger partial charge in [0.05, 0.1) is 6.61 Å². The Labute approximate surface area is 225 Å². The van der Waals surface area contributed by atoms with Crippen LogP contribution in [-0.4, -0.2) is 47.8 Å². The minimum atomic E-state index is -1.09. The maximum Gasteiger partial charge on any atom is 0.252 e. The molecule has 1 heterocycles. The van der Waals surface area contributed by atoms with Crippen molar-refractivity contribution in [1.29, 1.82) is 0 Å². The van der Waals surface area contributed by atoms with Gasteiger partial charge in [-0.05, 0) is 72.9 Å². The molecular formula is C30H31BrN2O4. The van der Waals surface area contributed by atoms with Crippen molar-refractivity contribution in [2.75, 3.05) is 13.2 Å². The molecule has 1 amide bonds. The molecule has 2 aliphatic rings. The summed E-state index contributed by atoms with van der Waals surface area (Å²) in [6, 6.07) is 23.9. The summed E-state index contributed by atoms with van der Waals surface area (Å²) in [6.07, 6.45) is 2.20. The number of fused-ring (bicyclic) bond motifs is 1. The average molecular weight is 563 g/mol. The van der Waals surface area contributed by atoms with E-state index in [1.54, 1.807) is 0 Å². The van der Waals surface area contributed by atoms with Crippen LogP contribution in [0.4, 0.5) is 0 Å². The molecule has 192 valence electrons. The molecule has 0 unspecified atom stereocenters. The van der Waals surface area contributed by atoms with Crippen molar-refractivity contribution < 1.29 is 19.4 Å². The molecule has 1 aliphatic heterocycles. The van der Waals surface area contributed by atoms with E-state index in [1.165, 1.54) is 11.1 Å². The molecule has 6 nitrogen and oxygen atoms in total. The lowest BCUT2D eigenvalue weighted by Crippen LogP contribution is -2.55. The fourth-order valence-electron chi connectivity index (χ4n) is 5.03. The molecule has 0 fully saturated rings. The van der Waals surface area contributed by atoms with Gasteiger partial charge in [0.15, 0.2) is 5.54 Å². The third kappa shape index (κ3) is 5.58. The van der Waals surface area contributed by atoms with E-state index in [4.69, 9.17) is 19.6 Å². The molecule has 7 heteroatoms. The maximum atomic E-state index is 14.0. The fourth-order valence-corrected chi connectivity index (χ4v) is 5.29. The molecule has 0 aromatic heterocycles. The van der Waals surface area contributed by atoms with E-state index >= 15 is 0 Å². The van der Waals surface area contributed by atoms with Gasteiger partial charge in [-0.15, -0.1) is 0 Å². The second kappa shape index (κ2) is 11.1. The molecule has 2 N–H and O–H groups in total. The van der Waals surface area contributed by atoms with Crippen LogP contribution in [0.25, 0.3) is 0 Å². The molecule has 3 aromatic carbocycles. The number of halogens is 1. The zero-order chi connectivity index (χ0) is 25.8. The van der Waals surface area contributed by atoms with Gasteiger partial charge in [0.2, 0.25) is 5.90 Å². The van der Waals surface area contributed by atoms with Gasteiger partial charge in [0.25, 0.3) is 5.91 Å². The smallest absolute Gasteiger partial charge is 0.252 e. The number of aliphatic hydroxyl groups excluding tert-OH is 1. The van der Waals surface area contributed by atoms with Gasteiger partial charge in [0, 0.05) is 35.5 Å². The molecule has 1 aliphatic carbocycles. The number of hydrogen-bond acceptors (Lipinski definition) is 5. The number of ether oxygens (including phenoxy) is 2. The number of benzene rings is 3. The number of carbonyl (C=O) groups is 1. The number of rotatable bonds is 9. The van der Waals surface area contributed by atoms with Crippen molar-refractivity contribution in [2.24, 2.45) is 4.99 Å². The summed E-state index contributed by atoms with van der Waals surface area (Å²) >= 11 is 3.50. The highest BCUT2D eigenvalue weighted by molar-refractivity contribution is 9.10. The topological polar surface area (TPSA) is 80.2 Å². The quantitative estimate of drug-likeness (QED) is 0.372. The number of aliphatic imine (C=N–C) groups is 1. The Balaban J connectivity index is 1.41. The van der Waals surface area contributed by atoms with E-state index in [1.807, 2.05) is 67.6 Å². The average Bonchev–Trinajstić information content (AvgIpc) is 3.46. The molecule has 5 rings (SSSR count). The summed E-state index contributed by atoms with van der Waals surface area (Å²) < 4.78 is 12.9. The second-order valence-electron chi connectivity index (χ2n) is 9.70. The SMILES string of the molecule is C[C@H]1OC(c2ccc(OCCCO)cc2)=N[C@@]1(Cc1ccc(Br)cc1)C(=O)NC1Cc2ccccc2C1. The van der Waals surface area contributed by atoms with E-state index < -0.39 is 11.6 Å². The van der Waals surface area contributed by atoms with Gasteiger partial charge in [-0.3, -0.25) is 4.79 Å². The standard InChI is InChI=1S/C30H31BrN2O4/c1-20-30(19-21-7-11-25(31)12-8-21,29(35)32-26-17-23-5-2-3-6-24(23)18-26)33-28(37-20)22-9-13-27(14-10-22)36-16-4-15-34/h2-3,5-14,20,26,34H,4,15-19H2,1H3,(H,32,35)/t20-,30-/m1/s1. The molecule has 37 heavy (non-hydrogen) atoms. The molecule has 2 atom stereocenters. The van der Waals surface area contributed by atoms with Crippen LogP contribution in [0.1, 0.15) is 35.6 Å². The van der Waals surface area contributed by atoms with E-state index in [0.717, 1.165) is 28.4 Å². The Hall–Kier alpha value is -3.16. The number of amides is 1. The largest absolute Gasteiger partial charge is 0.494 e. The number of nitrogens with zero attached hydrogens (tertiary/aromatic N) is 1. The highest BCUT2D eigenvalue weighted by Crippen LogP contribution is 2.34. The Morgan fingerprint density at radius 3 is 2.41 bits per heavy atom. The molecule has 0 saturated carbocycles. The lowest BCUT2D eigenvalue weighted by molar-refractivity contribution is -0.129. The Bertz CT molecular complexity index is 1250. The summed E-state index contributed by atoms with van der Waals surface area (Å²) in [5, 5.41) is 12.3. The summed E-state index contributed by atoms with van der Waals surface area (Å²) in [4.78, 5) is 19.0. The Kier molecular flexibility index (Phi) is 7.63. The Morgan fingerprint density at radius 2 is 1.76 bits per heavy atom. The number of carbonyl (C=O) groups excluding carboxylic acids is 1. The van der Waals surface area contributed by atoms with Crippen LogP contribution < -0.4 is 10.1 Å². The normalized spacial score (nSPS) is 20.7. The third-order valence-electron chi connectivity index (χ3n) is 7.10. The van der Waals surface area contributed by atoms with Gasteiger partial charge >= 0.3 is 0 Å². The monoisotopic (exact) mass is 562 g/mol. The maximum absolute atomic E-state index is 14.0. The van der Waals surface area contributed by atoms with Gasteiger partial charge in [-0.1, -0.05) is 52.3 Å². The number of hydrogen-bond donors (Lipinski definition) is 2. The van der Waals surface area contributed by atoms with Crippen LogP contribution in [0.5, 0.6) is 5.75 Å². The lowest BCUT2D eigenvalue weighted by Gasteiger charge is -2.29. The molecule has 0 spiro atoms. The minimum absolute atomic E-state index is 0.0356. The fraction of sp³-hybridized carbons (Fsp3) is 0.333. The van der Waals surface area contributed by atoms with Crippen LogP contribution in [-0.2, 0) is 28.8 Å². The third-order valence-corrected chi connectivity index (χ3v) is 7.63. The molecular weight excluding hydrogens is 532 g/mol. The van der Waals surface area contributed by atoms with Crippen LogP contribution >= 0.6 is 15.9 Å². The van der Waals surface area contributed by atoms with Gasteiger partial charge in [-0.25, -0.2) is 4.99 Å². The first-order valence-corrected chi connectivity index (χ1v) is 13.5. The van der Waals surface area contributed by atoms with E-state index in [-0.39, 0.29) is 18.6 Å². The summed E-state index contributed by atoms with van der Waals surface area (Å²) in [5.74, 6) is 1.06. The van der Waals surface area contributed by atoms with Crippen molar-refractivity contribution in [2.45, 2.75) is 50.3 Å². The second-order valence-corrected chi connectivity index (χ2v) is 10.6. The van der Waals surface area contributed by atoms with Crippen LogP contribution in [0.15, 0.2) is 82.3 Å². The minimum Gasteiger partial charge on any atom is -0.494 e. The molecule has 3 aromatic rings. The summed E-state index contributed by atoms with van der Waals surface area (Å²) in [7, 11) is 0. The number of nitrogens with one attached hydrogen (secondary N) is 1. The van der Waals surface area contributed by atoms with Crippen molar-refractivity contribution in [3.05, 3.63) is 99.5 Å². The molecule has 0 saturated heterocycles. The van der Waals surface area contributed by atoms with Gasteiger partial charge < -0.3 is 19.9 Å². The predicted octanol–water partition coefficient (Wildman–Crippen LogP) is 4.64. The van der Waals surface area contributed by atoms with Crippen LogP contribution in [0, 0.1) is 0 Å². The summed E-state index contributed by atoms with van der Waals surface area (Å²) in [6.45, 7) is 2.46. The van der Waals surface area contributed by atoms with E-state index in [0.29, 0.717) is 31.1 Å². The first-order valence-electron chi connectivity index (χ1n) is 12.7. The van der Waals surface area contributed by atoms with Crippen molar-refractivity contribution in [3.8, 4) is 5.75 Å². The van der Waals surface area contributed by atoms with Gasteiger partial charge in [0.1, 0.15) is 11.9 Å². The highest BCUT2D eigenvalue weighted by atomic mass is 79.9. The van der Waals surface area contributed by atoms with E-state index in [2.05, 4.69) is 33.4 Å². The van der Waals surface area contributed by atoms with Crippen LogP contribution in [0.3, 0.4) is 0 Å². The van der Waals surface area contributed by atoms with Crippen molar-refractivity contribution in [1.82, 2.24) is 5.32 Å². The number of aliphatic hydroxyl groups is 1. The molecule has 0 bridgehead atoms. The first-order chi connectivity index (χ1) is 18.0.